The highest BCUT2D eigenvalue weighted by Gasteiger charge is 2.06. The molecular formula is C12H11ClN2OS. The van der Waals surface area contributed by atoms with Crippen molar-refractivity contribution in [1.29, 1.82) is 0 Å². The smallest absolute Gasteiger partial charge is 0.307 e. The van der Waals surface area contributed by atoms with Crippen molar-refractivity contribution in [3.63, 3.8) is 0 Å². The van der Waals surface area contributed by atoms with Crippen molar-refractivity contribution in [3.8, 4) is 0 Å². The van der Waals surface area contributed by atoms with E-state index in [1.54, 1.807) is 12.1 Å². The van der Waals surface area contributed by atoms with Gasteiger partial charge < -0.3 is 5.32 Å². The second-order valence-corrected chi connectivity index (χ2v) is 4.82. The van der Waals surface area contributed by atoms with Gasteiger partial charge in [0.05, 0.1) is 5.00 Å². The predicted molar refractivity (Wildman–Crippen MR) is 73.1 cm³/mol. The summed E-state index contributed by atoms with van der Waals surface area (Å²) >= 11 is 7.44. The Kier molecular flexibility index (Phi) is 3.66. The van der Waals surface area contributed by atoms with Gasteiger partial charge in [0.25, 0.3) is 0 Å². The van der Waals surface area contributed by atoms with E-state index in [2.05, 4.69) is 10.6 Å². The molecule has 0 aliphatic rings. The highest BCUT2D eigenvalue weighted by atomic mass is 35.5. The number of urea groups is 1. The lowest BCUT2D eigenvalue weighted by Gasteiger charge is -2.09. The van der Waals surface area contributed by atoms with Crippen molar-refractivity contribution in [1.82, 2.24) is 0 Å². The number of nitrogens with one attached hydrogen (secondary N) is 2. The van der Waals surface area contributed by atoms with Crippen molar-refractivity contribution in [2.45, 2.75) is 6.92 Å². The van der Waals surface area contributed by atoms with Gasteiger partial charge >= 0.3 is 6.03 Å². The molecule has 1 heterocycles. The fraction of sp³-hybridized carbons (Fsp3) is 0.0833. The number of anilines is 2. The molecule has 0 atom stereocenters. The Labute approximate surface area is 108 Å². The molecular weight excluding hydrogens is 256 g/mol. The third kappa shape index (κ3) is 2.99. The predicted octanol–water partition coefficient (Wildman–Crippen LogP) is 4.35. The molecule has 3 nitrogen and oxygen atoms in total. The van der Waals surface area contributed by atoms with Gasteiger partial charge in [-0.1, -0.05) is 17.7 Å². The molecule has 2 aromatic rings. The summed E-state index contributed by atoms with van der Waals surface area (Å²) in [6.45, 7) is 1.86. The minimum Gasteiger partial charge on any atom is -0.307 e. The fourth-order valence-electron chi connectivity index (χ4n) is 1.36. The summed E-state index contributed by atoms with van der Waals surface area (Å²) < 4.78 is 0. The molecule has 0 saturated carbocycles. The van der Waals surface area contributed by atoms with Crippen LogP contribution in [0.2, 0.25) is 5.02 Å². The van der Waals surface area contributed by atoms with E-state index in [9.17, 15) is 4.79 Å². The number of hydrogen-bond donors (Lipinski definition) is 2. The van der Waals surface area contributed by atoms with Crippen LogP contribution in [-0.2, 0) is 0 Å². The first-order valence-corrected chi connectivity index (χ1v) is 6.29. The van der Waals surface area contributed by atoms with Crippen molar-refractivity contribution in [2.24, 2.45) is 0 Å². The Morgan fingerprint density at radius 1 is 1.24 bits per heavy atom. The zero-order valence-corrected chi connectivity index (χ0v) is 10.7. The third-order valence-electron chi connectivity index (χ3n) is 2.27. The van der Waals surface area contributed by atoms with Gasteiger partial charge in [-0.25, -0.2) is 4.79 Å². The SMILES string of the molecule is Cc1c(Cl)cccc1NC(=O)Nc1cccs1. The molecule has 0 radical (unpaired) electrons. The van der Waals surface area contributed by atoms with Crippen molar-refractivity contribution in [2.75, 3.05) is 10.6 Å². The van der Waals surface area contributed by atoms with Crippen LogP contribution in [0.4, 0.5) is 15.5 Å². The maximum Gasteiger partial charge on any atom is 0.324 e. The second kappa shape index (κ2) is 5.21. The minimum atomic E-state index is -0.266. The first-order valence-electron chi connectivity index (χ1n) is 5.03. The number of benzene rings is 1. The van der Waals surface area contributed by atoms with Gasteiger partial charge in [-0.05, 0) is 42.1 Å². The third-order valence-corrected chi connectivity index (χ3v) is 3.47. The fourth-order valence-corrected chi connectivity index (χ4v) is 2.15. The molecule has 88 valence electrons. The van der Waals surface area contributed by atoms with Gasteiger partial charge in [0, 0.05) is 10.7 Å². The molecule has 2 N–H and O–H groups in total. The molecule has 2 amide bonds. The number of rotatable bonds is 2. The molecule has 0 aliphatic carbocycles. The number of thiophene rings is 1. The van der Waals surface area contributed by atoms with Crippen LogP contribution in [0.25, 0.3) is 0 Å². The van der Waals surface area contributed by atoms with E-state index in [0.717, 1.165) is 10.6 Å². The monoisotopic (exact) mass is 266 g/mol. The van der Waals surface area contributed by atoms with Crippen molar-refractivity contribution < 1.29 is 4.79 Å². The first kappa shape index (κ1) is 12.0. The number of carbonyl (C=O) groups excluding carboxylic acids is 1. The van der Waals surface area contributed by atoms with Gasteiger partial charge in [-0.3, -0.25) is 5.32 Å². The maximum atomic E-state index is 11.7. The number of halogens is 1. The summed E-state index contributed by atoms with van der Waals surface area (Å²) in [5.74, 6) is 0. The van der Waals surface area contributed by atoms with Crippen LogP contribution in [0.5, 0.6) is 0 Å². The number of carbonyl (C=O) groups is 1. The van der Waals surface area contributed by atoms with Crippen LogP contribution >= 0.6 is 22.9 Å². The van der Waals surface area contributed by atoms with E-state index in [0.29, 0.717) is 10.7 Å². The largest absolute Gasteiger partial charge is 0.324 e. The summed E-state index contributed by atoms with van der Waals surface area (Å²) in [5, 5.41) is 8.85. The summed E-state index contributed by atoms with van der Waals surface area (Å²) in [5.41, 5.74) is 1.57. The molecule has 1 aromatic heterocycles. The zero-order chi connectivity index (χ0) is 12.3. The summed E-state index contributed by atoms with van der Waals surface area (Å²) in [4.78, 5) is 11.7. The molecule has 0 unspecified atom stereocenters. The van der Waals surface area contributed by atoms with Crippen LogP contribution < -0.4 is 10.6 Å². The van der Waals surface area contributed by atoms with Crippen molar-refractivity contribution in [3.05, 3.63) is 46.3 Å². The molecule has 1 aromatic carbocycles. The Morgan fingerprint density at radius 2 is 2.06 bits per heavy atom. The number of hydrogen-bond acceptors (Lipinski definition) is 2. The van der Waals surface area contributed by atoms with E-state index in [1.165, 1.54) is 11.3 Å². The molecule has 2 rings (SSSR count). The highest BCUT2D eigenvalue weighted by Crippen LogP contribution is 2.23. The Balaban J connectivity index is 2.06. The van der Waals surface area contributed by atoms with E-state index in [-0.39, 0.29) is 6.03 Å². The van der Waals surface area contributed by atoms with E-state index in [4.69, 9.17) is 11.6 Å². The van der Waals surface area contributed by atoms with Gasteiger partial charge in [0.1, 0.15) is 0 Å². The summed E-state index contributed by atoms with van der Waals surface area (Å²) in [6, 6.07) is 8.86. The average Bonchev–Trinajstić information content (AvgIpc) is 2.77. The van der Waals surface area contributed by atoms with E-state index >= 15 is 0 Å². The zero-order valence-electron chi connectivity index (χ0n) is 9.16. The lowest BCUT2D eigenvalue weighted by atomic mass is 10.2. The Bertz CT molecular complexity index is 525. The van der Waals surface area contributed by atoms with Gasteiger partial charge in [0.2, 0.25) is 0 Å². The number of amides is 2. The second-order valence-electron chi connectivity index (χ2n) is 3.47. The topological polar surface area (TPSA) is 41.1 Å². The molecule has 0 bridgehead atoms. The molecule has 5 heteroatoms. The maximum absolute atomic E-state index is 11.7. The highest BCUT2D eigenvalue weighted by molar-refractivity contribution is 7.14. The molecule has 17 heavy (non-hydrogen) atoms. The normalized spacial score (nSPS) is 10.0. The molecule has 0 fully saturated rings. The molecule has 0 spiro atoms. The average molecular weight is 267 g/mol. The van der Waals surface area contributed by atoms with Crippen LogP contribution in [0.3, 0.4) is 0 Å². The van der Waals surface area contributed by atoms with Gasteiger partial charge in [-0.2, -0.15) is 0 Å². The van der Waals surface area contributed by atoms with E-state index in [1.807, 2.05) is 30.5 Å². The van der Waals surface area contributed by atoms with Crippen molar-refractivity contribution >= 4 is 39.7 Å². The molecule has 0 aliphatic heterocycles. The van der Waals surface area contributed by atoms with Gasteiger partial charge in [0.15, 0.2) is 0 Å². The first-order chi connectivity index (χ1) is 8.16. The lowest BCUT2D eigenvalue weighted by Crippen LogP contribution is -2.19. The lowest BCUT2D eigenvalue weighted by molar-refractivity contribution is 0.262. The minimum absolute atomic E-state index is 0.266. The summed E-state index contributed by atoms with van der Waals surface area (Å²) in [7, 11) is 0. The van der Waals surface area contributed by atoms with E-state index < -0.39 is 0 Å². The Hall–Kier alpha value is -1.52. The van der Waals surface area contributed by atoms with Crippen LogP contribution in [-0.4, -0.2) is 6.03 Å². The summed E-state index contributed by atoms with van der Waals surface area (Å²) in [6.07, 6.45) is 0. The van der Waals surface area contributed by atoms with Crippen LogP contribution in [0.15, 0.2) is 35.7 Å². The van der Waals surface area contributed by atoms with Crippen LogP contribution in [0, 0.1) is 6.92 Å². The Morgan fingerprint density at radius 3 is 2.76 bits per heavy atom. The van der Waals surface area contributed by atoms with Crippen LogP contribution in [0.1, 0.15) is 5.56 Å². The standard InChI is InChI=1S/C12H11ClN2OS/c1-8-9(13)4-2-5-10(8)14-12(16)15-11-6-3-7-17-11/h2-7H,1H3,(H2,14,15,16). The van der Waals surface area contributed by atoms with Gasteiger partial charge in [-0.15, -0.1) is 11.3 Å². The quantitative estimate of drug-likeness (QED) is 0.833. The molecule has 0 saturated heterocycles.